The number of nitrogens with one attached hydrogen (secondary N) is 1. The fraction of sp³-hybridized carbons (Fsp3) is 0.500. The molecule has 1 aromatic rings. The predicted molar refractivity (Wildman–Crippen MR) is 88.7 cm³/mol. The molecule has 2 aliphatic rings. The van der Waals surface area contributed by atoms with E-state index in [9.17, 15) is 18.0 Å². The quantitative estimate of drug-likeness (QED) is 0.833. The first kappa shape index (κ1) is 16.8. The van der Waals surface area contributed by atoms with Crippen molar-refractivity contribution in [2.75, 3.05) is 29.6 Å². The topological polar surface area (TPSA) is 92.8 Å². The molecule has 130 valence electrons. The molecule has 2 saturated heterocycles. The molecule has 2 amide bonds. The minimum absolute atomic E-state index is 0.00268. The van der Waals surface area contributed by atoms with Crippen LogP contribution in [0.15, 0.2) is 24.3 Å². The van der Waals surface area contributed by atoms with Crippen molar-refractivity contribution in [2.45, 2.75) is 25.3 Å². The summed E-state index contributed by atoms with van der Waals surface area (Å²) in [5.74, 6) is 0.428. The minimum Gasteiger partial charge on any atom is -0.484 e. The molecule has 2 heterocycles. The summed E-state index contributed by atoms with van der Waals surface area (Å²) < 4.78 is 28.1. The van der Waals surface area contributed by atoms with Gasteiger partial charge in [-0.3, -0.25) is 9.59 Å². The number of amides is 2. The van der Waals surface area contributed by atoms with Crippen LogP contribution in [0.25, 0.3) is 0 Å². The number of carbonyl (C=O) groups excluding carboxylic acids is 2. The summed E-state index contributed by atoms with van der Waals surface area (Å²) >= 11 is 0. The average Bonchev–Trinajstić information content (AvgIpc) is 3.11. The predicted octanol–water partition coefficient (Wildman–Crippen LogP) is 0.496. The number of anilines is 1. The molecule has 8 heteroatoms. The number of hydrogen-bond donors (Lipinski definition) is 1. The second-order valence-corrected chi connectivity index (χ2v) is 8.33. The van der Waals surface area contributed by atoms with Crippen LogP contribution >= 0.6 is 0 Å². The lowest BCUT2D eigenvalue weighted by Crippen LogP contribution is -2.38. The highest BCUT2D eigenvalue weighted by atomic mass is 32.2. The summed E-state index contributed by atoms with van der Waals surface area (Å²) in [4.78, 5) is 25.2. The van der Waals surface area contributed by atoms with Crippen molar-refractivity contribution in [1.29, 1.82) is 0 Å². The van der Waals surface area contributed by atoms with Crippen molar-refractivity contribution < 1.29 is 22.7 Å². The Labute approximate surface area is 140 Å². The van der Waals surface area contributed by atoms with E-state index in [0.29, 0.717) is 18.6 Å². The Kier molecular flexibility index (Phi) is 4.75. The summed E-state index contributed by atoms with van der Waals surface area (Å²) in [6, 6.07) is 6.69. The third-order valence-electron chi connectivity index (χ3n) is 4.19. The van der Waals surface area contributed by atoms with Gasteiger partial charge in [0.2, 0.25) is 5.91 Å². The molecule has 0 saturated carbocycles. The highest BCUT2D eigenvalue weighted by Crippen LogP contribution is 2.23. The lowest BCUT2D eigenvalue weighted by atomic mass is 10.2. The lowest BCUT2D eigenvalue weighted by molar-refractivity contribution is -0.123. The van der Waals surface area contributed by atoms with E-state index in [-0.39, 0.29) is 36.0 Å². The molecule has 2 aliphatic heterocycles. The normalized spacial score (nSPS) is 22.6. The molecular weight excluding hydrogens is 332 g/mol. The standard InChI is InChI=1S/C16H20N2O5S/c19-15(17-12-7-9-24(21,22)11-12)10-23-14-5-3-13(4-6-14)18-8-1-2-16(18)20/h3-6,12H,1-2,7-11H2,(H,17,19)/t12-/m1/s1. The van der Waals surface area contributed by atoms with Crippen LogP contribution in [0, 0.1) is 0 Å². The van der Waals surface area contributed by atoms with Gasteiger partial charge in [-0.1, -0.05) is 0 Å². The van der Waals surface area contributed by atoms with Crippen LogP contribution in [0.2, 0.25) is 0 Å². The van der Waals surface area contributed by atoms with Gasteiger partial charge < -0.3 is 15.0 Å². The van der Waals surface area contributed by atoms with Crippen LogP contribution in [-0.2, 0) is 19.4 Å². The van der Waals surface area contributed by atoms with E-state index >= 15 is 0 Å². The SMILES string of the molecule is O=C(COc1ccc(N2CCCC2=O)cc1)N[C@@H]1CCS(=O)(=O)C1. The Hall–Kier alpha value is -2.09. The number of ether oxygens (including phenoxy) is 1. The maximum Gasteiger partial charge on any atom is 0.258 e. The van der Waals surface area contributed by atoms with Gasteiger partial charge in [-0.05, 0) is 37.1 Å². The highest BCUT2D eigenvalue weighted by Gasteiger charge is 2.28. The molecule has 24 heavy (non-hydrogen) atoms. The third kappa shape index (κ3) is 4.05. The van der Waals surface area contributed by atoms with Crippen LogP contribution in [0.1, 0.15) is 19.3 Å². The zero-order valence-electron chi connectivity index (χ0n) is 13.2. The van der Waals surface area contributed by atoms with Gasteiger partial charge in [0.15, 0.2) is 16.4 Å². The third-order valence-corrected chi connectivity index (χ3v) is 5.96. The van der Waals surface area contributed by atoms with Crippen molar-refractivity contribution in [3.05, 3.63) is 24.3 Å². The molecule has 3 rings (SSSR count). The summed E-state index contributed by atoms with van der Waals surface area (Å²) in [5.41, 5.74) is 0.825. The number of benzene rings is 1. The van der Waals surface area contributed by atoms with Gasteiger partial charge in [0.1, 0.15) is 5.75 Å². The van der Waals surface area contributed by atoms with Crippen LogP contribution in [-0.4, -0.2) is 50.9 Å². The first-order valence-electron chi connectivity index (χ1n) is 7.96. The Morgan fingerprint density at radius 3 is 2.62 bits per heavy atom. The van der Waals surface area contributed by atoms with Gasteiger partial charge in [0.05, 0.1) is 11.5 Å². The van der Waals surface area contributed by atoms with Crippen LogP contribution in [0.3, 0.4) is 0 Å². The van der Waals surface area contributed by atoms with Gasteiger partial charge >= 0.3 is 0 Å². The Morgan fingerprint density at radius 2 is 2.04 bits per heavy atom. The number of carbonyl (C=O) groups is 2. The molecule has 0 spiro atoms. The van der Waals surface area contributed by atoms with E-state index in [1.165, 1.54) is 0 Å². The fourth-order valence-corrected chi connectivity index (χ4v) is 4.64. The molecule has 2 fully saturated rings. The molecule has 1 aromatic carbocycles. The Balaban J connectivity index is 1.48. The average molecular weight is 352 g/mol. The molecule has 0 bridgehead atoms. The minimum atomic E-state index is -3.01. The summed E-state index contributed by atoms with van der Waals surface area (Å²) in [6.07, 6.45) is 1.90. The molecule has 1 atom stereocenters. The van der Waals surface area contributed by atoms with Gasteiger partial charge in [-0.15, -0.1) is 0 Å². The highest BCUT2D eigenvalue weighted by molar-refractivity contribution is 7.91. The van der Waals surface area contributed by atoms with Crippen LogP contribution < -0.4 is 15.0 Å². The maximum absolute atomic E-state index is 11.8. The van der Waals surface area contributed by atoms with Crippen molar-refractivity contribution >= 4 is 27.3 Å². The zero-order chi connectivity index (χ0) is 17.2. The molecule has 7 nitrogen and oxygen atoms in total. The Bertz CT molecular complexity index is 729. The van der Waals surface area contributed by atoms with Crippen molar-refractivity contribution in [3.63, 3.8) is 0 Å². The number of sulfone groups is 1. The van der Waals surface area contributed by atoms with Crippen molar-refractivity contribution in [2.24, 2.45) is 0 Å². The second kappa shape index (κ2) is 6.80. The molecule has 0 aromatic heterocycles. The van der Waals surface area contributed by atoms with Crippen LogP contribution in [0.4, 0.5) is 5.69 Å². The van der Waals surface area contributed by atoms with Gasteiger partial charge in [-0.2, -0.15) is 0 Å². The van der Waals surface area contributed by atoms with E-state index in [4.69, 9.17) is 4.74 Å². The maximum atomic E-state index is 11.8. The Morgan fingerprint density at radius 1 is 1.29 bits per heavy atom. The lowest BCUT2D eigenvalue weighted by Gasteiger charge is -2.16. The zero-order valence-corrected chi connectivity index (χ0v) is 14.0. The molecule has 0 aliphatic carbocycles. The molecular formula is C16H20N2O5S. The summed E-state index contributed by atoms with van der Waals surface area (Å²) in [7, 11) is -3.01. The summed E-state index contributed by atoms with van der Waals surface area (Å²) in [5, 5.41) is 2.67. The number of hydrogen-bond acceptors (Lipinski definition) is 5. The largest absolute Gasteiger partial charge is 0.484 e. The smallest absolute Gasteiger partial charge is 0.258 e. The first-order valence-corrected chi connectivity index (χ1v) is 9.78. The van der Waals surface area contributed by atoms with E-state index < -0.39 is 9.84 Å². The van der Waals surface area contributed by atoms with Gasteiger partial charge in [-0.25, -0.2) is 8.42 Å². The first-order chi connectivity index (χ1) is 11.4. The number of rotatable bonds is 5. The van der Waals surface area contributed by atoms with Crippen LogP contribution in [0.5, 0.6) is 5.75 Å². The molecule has 0 unspecified atom stereocenters. The van der Waals surface area contributed by atoms with E-state index in [1.807, 2.05) is 0 Å². The van der Waals surface area contributed by atoms with E-state index in [2.05, 4.69) is 5.32 Å². The fourth-order valence-electron chi connectivity index (χ4n) is 2.97. The van der Waals surface area contributed by atoms with E-state index in [0.717, 1.165) is 18.7 Å². The van der Waals surface area contributed by atoms with Gasteiger partial charge in [0.25, 0.3) is 5.91 Å². The second-order valence-electron chi connectivity index (χ2n) is 6.10. The summed E-state index contributed by atoms with van der Waals surface area (Å²) in [6.45, 7) is 0.560. The van der Waals surface area contributed by atoms with Crippen molar-refractivity contribution in [3.8, 4) is 5.75 Å². The molecule has 0 radical (unpaired) electrons. The molecule has 1 N–H and O–H groups in total. The monoisotopic (exact) mass is 352 g/mol. The van der Waals surface area contributed by atoms with Gasteiger partial charge in [0, 0.05) is 24.7 Å². The number of nitrogens with zero attached hydrogens (tertiary/aromatic N) is 1. The van der Waals surface area contributed by atoms with E-state index in [1.54, 1.807) is 29.2 Å². The van der Waals surface area contributed by atoms with Crippen molar-refractivity contribution in [1.82, 2.24) is 5.32 Å².